The summed E-state index contributed by atoms with van der Waals surface area (Å²) in [5.74, 6) is -0.157. The topological polar surface area (TPSA) is 48.5 Å². The quantitative estimate of drug-likeness (QED) is 0.812. The molecule has 1 aliphatic heterocycles. The van der Waals surface area contributed by atoms with Gasteiger partial charge in [-0.3, -0.25) is 9.78 Å². The highest BCUT2D eigenvalue weighted by Gasteiger charge is 2.15. The summed E-state index contributed by atoms with van der Waals surface area (Å²) < 4.78 is 0. The summed E-state index contributed by atoms with van der Waals surface area (Å²) in [6, 6.07) is 3.80. The van der Waals surface area contributed by atoms with Crippen molar-refractivity contribution in [3.63, 3.8) is 0 Å². The Balaban J connectivity index is 2.06. The zero-order valence-electron chi connectivity index (χ0n) is 11.3. The Hall–Kier alpha value is -1.88. The van der Waals surface area contributed by atoms with Crippen LogP contribution in [0, 0.1) is 0 Å². The highest BCUT2D eigenvalue weighted by Crippen LogP contribution is 2.16. The van der Waals surface area contributed by atoms with E-state index in [-0.39, 0.29) is 5.91 Å². The molecule has 1 aliphatic rings. The van der Waals surface area contributed by atoms with Gasteiger partial charge in [-0.25, -0.2) is 0 Å². The summed E-state index contributed by atoms with van der Waals surface area (Å²) in [4.78, 5) is 20.5. The second-order valence-electron chi connectivity index (χ2n) is 4.69. The Morgan fingerprint density at radius 3 is 2.89 bits per heavy atom. The molecule has 0 saturated carbocycles. The fourth-order valence-electron chi connectivity index (χ4n) is 2.06. The van der Waals surface area contributed by atoms with E-state index in [2.05, 4.69) is 33.7 Å². The lowest BCUT2D eigenvalue weighted by Crippen LogP contribution is -2.44. The molecular formula is C14H20N4O. The maximum absolute atomic E-state index is 11.8. The number of pyridine rings is 1. The van der Waals surface area contributed by atoms with Gasteiger partial charge < -0.3 is 15.1 Å². The van der Waals surface area contributed by atoms with Crippen molar-refractivity contribution in [2.75, 3.05) is 44.7 Å². The predicted octanol–water partition coefficient (Wildman–Crippen LogP) is 0.749. The first-order chi connectivity index (χ1) is 9.20. The van der Waals surface area contributed by atoms with Gasteiger partial charge in [0.1, 0.15) is 5.69 Å². The molecule has 2 heterocycles. The Bertz CT molecular complexity index is 453. The molecule has 1 aromatic rings. The Morgan fingerprint density at radius 2 is 2.21 bits per heavy atom. The minimum Gasteiger partial charge on any atom is -0.369 e. The van der Waals surface area contributed by atoms with Crippen LogP contribution in [0.15, 0.2) is 31.0 Å². The summed E-state index contributed by atoms with van der Waals surface area (Å²) >= 11 is 0. The summed E-state index contributed by atoms with van der Waals surface area (Å²) in [5, 5.41) is 2.74. The number of likely N-dealkylation sites (N-methyl/N-ethyl adjacent to an activating group) is 1. The average Bonchev–Trinajstić information content (AvgIpc) is 2.45. The van der Waals surface area contributed by atoms with E-state index in [1.165, 1.54) is 0 Å². The van der Waals surface area contributed by atoms with Crippen molar-refractivity contribution in [2.24, 2.45) is 0 Å². The molecule has 0 radical (unpaired) electrons. The van der Waals surface area contributed by atoms with Crippen LogP contribution < -0.4 is 10.2 Å². The highest BCUT2D eigenvalue weighted by molar-refractivity contribution is 5.93. The second-order valence-corrected chi connectivity index (χ2v) is 4.69. The molecule has 1 saturated heterocycles. The molecule has 19 heavy (non-hydrogen) atoms. The number of rotatable bonds is 4. The van der Waals surface area contributed by atoms with Gasteiger partial charge in [-0.05, 0) is 19.2 Å². The van der Waals surface area contributed by atoms with Crippen LogP contribution >= 0.6 is 0 Å². The predicted molar refractivity (Wildman–Crippen MR) is 76.5 cm³/mol. The molecule has 1 N–H and O–H groups in total. The lowest BCUT2D eigenvalue weighted by Gasteiger charge is -2.34. The molecule has 1 aromatic heterocycles. The smallest absolute Gasteiger partial charge is 0.270 e. The average molecular weight is 260 g/mol. The summed E-state index contributed by atoms with van der Waals surface area (Å²) in [5.41, 5.74) is 1.52. The molecule has 5 heteroatoms. The Kier molecular flexibility index (Phi) is 4.52. The van der Waals surface area contributed by atoms with Gasteiger partial charge in [0.15, 0.2) is 0 Å². The number of piperazine rings is 1. The van der Waals surface area contributed by atoms with Crippen molar-refractivity contribution in [3.05, 3.63) is 36.7 Å². The van der Waals surface area contributed by atoms with Crippen LogP contribution in [0.25, 0.3) is 0 Å². The van der Waals surface area contributed by atoms with Crippen molar-refractivity contribution in [1.82, 2.24) is 15.2 Å². The highest BCUT2D eigenvalue weighted by atomic mass is 16.1. The first kappa shape index (κ1) is 13.5. The molecule has 0 aliphatic carbocycles. The molecule has 2 rings (SSSR count). The molecular weight excluding hydrogens is 240 g/mol. The van der Waals surface area contributed by atoms with E-state index in [0.717, 1.165) is 31.9 Å². The van der Waals surface area contributed by atoms with E-state index in [1.807, 2.05) is 12.1 Å². The normalized spacial score (nSPS) is 16.2. The zero-order chi connectivity index (χ0) is 13.7. The van der Waals surface area contributed by atoms with Crippen LogP contribution in [-0.4, -0.2) is 55.6 Å². The number of carbonyl (C=O) groups is 1. The molecule has 0 unspecified atom stereocenters. The van der Waals surface area contributed by atoms with Crippen LogP contribution in [-0.2, 0) is 0 Å². The van der Waals surface area contributed by atoms with E-state index < -0.39 is 0 Å². The van der Waals surface area contributed by atoms with E-state index in [9.17, 15) is 4.79 Å². The van der Waals surface area contributed by atoms with Crippen molar-refractivity contribution in [1.29, 1.82) is 0 Å². The van der Waals surface area contributed by atoms with E-state index >= 15 is 0 Å². The van der Waals surface area contributed by atoms with Gasteiger partial charge in [0.2, 0.25) is 0 Å². The second kappa shape index (κ2) is 6.33. The zero-order valence-corrected chi connectivity index (χ0v) is 11.3. The number of carbonyl (C=O) groups excluding carboxylic acids is 1. The largest absolute Gasteiger partial charge is 0.369 e. The van der Waals surface area contributed by atoms with E-state index in [4.69, 9.17) is 0 Å². The number of hydrogen-bond acceptors (Lipinski definition) is 4. The van der Waals surface area contributed by atoms with Gasteiger partial charge in [-0.2, -0.15) is 0 Å². The lowest BCUT2D eigenvalue weighted by atomic mass is 10.2. The Labute approximate surface area is 113 Å². The third-order valence-corrected chi connectivity index (χ3v) is 3.25. The third-order valence-electron chi connectivity index (χ3n) is 3.25. The first-order valence-corrected chi connectivity index (χ1v) is 6.49. The fraction of sp³-hybridized carbons (Fsp3) is 0.429. The van der Waals surface area contributed by atoms with Crippen molar-refractivity contribution in [3.8, 4) is 0 Å². The van der Waals surface area contributed by atoms with E-state index in [0.29, 0.717) is 12.2 Å². The molecule has 0 bridgehead atoms. The SMILES string of the molecule is C=CCNC(=O)c1cc(N2CCN(C)CC2)ccn1. The minimum absolute atomic E-state index is 0.157. The van der Waals surface area contributed by atoms with Crippen LogP contribution in [0.5, 0.6) is 0 Å². The number of aromatic nitrogens is 1. The lowest BCUT2D eigenvalue weighted by molar-refractivity contribution is 0.0953. The minimum atomic E-state index is -0.157. The summed E-state index contributed by atoms with van der Waals surface area (Å²) in [6.07, 6.45) is 3.35. The molecule has 0 atom stereocenters. The van der Waals surface area contributed by atoms with Gasteiger partial charge in [-0.15, -0.1) is 6.58 Å². The molecule has 5 nitrogen and oxygen atoms in total. The first-order valence-electron chi connectivity index (χ1n) is 6.49. The van der Waals surface area contributed by atoms with Gasteiger partial charge >= 0.3 is 0 Å². The molecule has 1 fully saturated rings. The van der Waals surface area contributed by atoms with Gasteiger partial charge in [0, 0.05) is 44.6 Å². The Morgan fingerprint density at radius 1 is 1.47 bits per heavy atom. The van der Waals surface area contributed by atoms with E-state index in [1.54, 1.807) is 12.3 Å². The van der Waals surface area contributed by atoms with Crippen LogP contribution in [0.1, 0.15) is 10.5 Å². The number of nitrogens with one attached hydrogen (secondary N) is 1. The van der Waals surface area contributed by atoms with Crippen molar-refractivity contribution < 1.29 is 4.79 Å². The summed E-state index contributed by atoms with van der Waals surface area (Å²) in [6.45, 7) is 8.08. The van der Waals surface area contributed by atoms with Crippen LogP contribution in [0.4, 0.5) is 5.69 Å². The number of nitrogens with zero attached hydrogens (tertiary/aromatic N) is 3. The maximum atomic E-state index is 11.8. The van der Waals surface area contributed by atoms with Crippen LogP contribution in [0.2, 0.25) is 0 Å². The summed E-state index contributed by atoms with van der Waals surface area (Å²) in [7, 11) is 2.12. The van der Waals surface area contributed by atoms with Crippen molar-refractivity contribution >= 4 is 11.6 Å². The number of amides is 1. The molecule has 1 amide bonds. The number of anilines is 1. The maximum Gasteiger partial charge on any atom is 0.270 e. The number of hydrogen-bond donors (Lipinski definition) is 1. The van der Waals surface area contributed by atoms with Crippen molar-refractivity contribution in [2.45, 2.75) is 0 Å². The van der Waals surface area contributed by atoms with Gasteiger partial charge in [-0.1, -0.05) is 6.08 Å². The molecule has 102 valence electrons. The van der Waals surface area contributed by atoms with Gasteiger partial charge in [0.25, 0.3) is 5.91 Å². The van der Waals surface area contributed by atoms with Gasteiger partial charge in [0.05, 0.1) is 0 Å². The molecule has 0 spiro atoms. The molecule has 0 aromatic carbocycles. The monoisotopic (exact) mass is 260 g/mol. The fourth-order valence-corrected chi connectivity index (χ4v) is 2.06. The van der Waals surface area contributed by atoms with Crippen LogP contribution in [0.3, 0.4) is 0 Å². The third kappa shape index (κ3) is 3.54. The standard InChI is InChI=1S/C14H20N4O/c1-3-5-16-14(19)13-11-12(4-6-15-13)18-9-7-17(2)8-10-18/h3-4,6,11H,1,5,7-10H2,2H3,(H,16,19).